The predicted octanol–water partition coefficient (Wildman–Crippen LogP) is 3.49. The van der Waals surface area contributed by atoms with Crippen LogP contribution < -0.4 is 5.32 Å². The monoisotopic (exact) mass is 383 g/mol. The van der Waals surface area contributed by atoms with E-state index in [9.17, 15) is 4.79 Å². The van der Waals surface area contributed by atoms with E-state index in [1.807, 2.05) is 31.2 Å². The van der Waals surface area contributed by atoms with Gasteiger partial charge in [-0.1, -0.05) is 29.8 Å². The summed E-state index contributed by atoms with van der Waals surface area (Å²) in [6.45, 7) is 2.00. The summed E-state index contributed by atoms with van der Waals surface area (Å²) in [6.07, 6.45) is 1.85. The molecule has 4 nitrogen and oxygen atoms in total. The number of nitrogens with one attached hydrogen (secondary N) is 1. The van der Waals surface area contributed by atoms with Crippen LogP contribution in [0.15, 0.2) is 39.7 Å². The molecule has 0 unspecified atom stereocenters. The predicted molar refractivity (Wildman–Crippen MR) is 80.9 cm³/mol. The Hall–Kier alpha value is -1.27. The zero-order chi connectivity index (χ0) is 13.8. The number of hydrogen-bond acceptors (Lipinski definition) is 3. The lowest BCUT2D eigenvalue weighted by molar-refractivity contribution is -0.115. The highest BCUT2D eigenvalue weighted by Gasteiger charge is 2.09. The largest absolute Gasteiger partial charge is 0.308 e. The minimum atomic E-state index is -0.122. The first-order valence-corrected chi connectivity index (χ1v) is 7.16. The zero-order valence-corrected chi connectivity index (χ0v) is 13.3. The van der Waals surface area contributed by atoms with E-state index in [0.29, 0.717) is 21.4 Å². The van der Waals surface area contributed by atoms with Crippen molar-refractivity contribution in [3.8, 4) is 0 Å². The molecule has 0 saturated carbocycles. The molecule has 0 aliphatic rings. The molecule has 0 saturated heterocycles. The molecular weight excluding hydrogens is 374 g/mol. The number of carbonyl (C=O) groups is 1. The Kier molecular flexibility index (Phi) is 4.66. The Bertz CT molecular complexity index is 617. The first-order chi connectivity index (χ1) is 9.04. The van der Waals surface area contributed by atoms with Gasteiger partial charge in [-0.05, 0) is 44.3 Å². The third kappa shape index (κ3) is 4.11. The molecule has 0 atom stereocenters. The van der Waals surface area contributed by atoms with Gasteiger partial charge in [0.1, 0.15) is 9.21 Å². The van der Waals surface area contributed by atoms with Crippen LogP contribution in [0.1, 0.15) is 11.1 Å². The standard InChI is InChI=1S/C13H11Br2N3O/c1-8-3-2-4-9(5-8)6-11(19)18-13-12(15)17-10(14)7-16-13/h2-5,7H,6H2,1H3,(H,16,18,19). The Morgan fingerprint density at radius 1 is 1.37 bits per heavy atom. The average Bonchev–Trinajstić information content (AvgIpc) is 2.33. The van der Waals surface area contributed by atoms with Gasteiger partial charge in [0.15, 0.2) is 5.82 Å². The van der Waals surface area contributed by atoms with Gasteiger partial charge < -0.3 is 5.32 Å². The number of carbonyl (C=O) groups excluding carboxylic acids is 1. The second-order valence-electron chi connectivity index (χ2n) is 4.05. The molecule has 1 aromatic carbocycles. The maximum Gasteiger partial charge on any atom is 0.230 e. The van der Waals surface area contributed by atoms with Crippen LogP contribution in [0.4, 0.5) is 5.82 Å². The molecule has 1 N–H and O–H groups in total. The highest BCUT2D eigenvalue weighted by molar-refractivity contribution is 9.11. The summed E-state index contributed by atoms with van der Waals surface area (Å²) in [6, 6.07) is 7.85. The van der Waals surface area contributed by atoms with Gasteiger partial charge in [0.05, 0.1) is 12.6 Å². The van der Waals surface area contributed by atoms with Crippen molar-refractivity contribution in [3.63, 3.8) is 0 Å². The SMILES string of the molecule is Cc1cccc(CC(=O)Nc2ncc(Br)nc2Br)c1. The van der Waals surface area contributed by atoms with Gasteiger partial charge in [-0.3, -0.25) is 4.79 Å². The van der Waals surface area contributed by atoms with E-state index in [1.165, 1.54) is 6.20 Å². The highest BCUT2D eigenvalue weighted by Crippen LogP contribution is 2.19. The normalized spacial score (nSPS) is 10.3. The van der Waals surface area contributed by atoms with Crippen molar-refractivity contribution in [3.05, 3.63) is 50.8 Å². The summed E-state index contributed by atoms with van der Waals surface area (Å²) >= 11 is 6.46. The fourth-order valence-electron chi connectivity index (χ4n) is 1.61. The van der Waals surface area contributed by atoms with E-state index in [4.69, 9.17) is 0 Å². The van der Waals surface area contributed by atoms with Crippen LogP contribution in [-0.2, 0) is 11.2 Å². The summed E-state index contributed by atoms with van der Waals surface area (Å²) in [5.74, 6) is 0.295. The highest BCUT2D eigenvalue weighted by atomic mass is 79.9. The molecule has 0 bridgehead atoms. The minimum absolute atomic E-state index is 0.122. The molecule has 0 radical (unpaired) electrons. The molecule has 0 aliphatic carbocycles. The lowest BCUT2D eigenvalue weighted by Gasteiger charge is -2.06. The molecular formula is C13H11Br2N3O. The number of aromatic nitrogens is 2. The number of amides is 1. The van der Waals surface area contributed by atoms with Crippen LogP contribution in [0.5, 0.6) is 0 Å². The second-order valence-corrected chi connectivity index (χ2v) is 5.61. The van der Waals surface area contributed by atoms with Crippen molar-refractivity contribution >= 4 is 43.6 Å². The van der Waals surface area contributed by atoms with E-state index in [-0.39, 0.29) is 5.91 Å². The van der Waals surface area contributed by atoms with E-state index >= 15 is 0 Å². The van der Waals surface area contributed by atoms with E-state index < -0.39 is 0 Å². The van der Waals surface area contributed by atoms with Gasteiger partial charge in [-0.2, -0.15) is 0 Å². The third-order valence-electron chi connectivity index (χ3n) is 2.41. The van der Waals surface area contributed by atoms with Gasteiger partial charge in [-0.25, -0.2) is 9.97 Å². The van der Waals surface area contributed by atoms with E-state index in [2.05, 4.69) is 47.1 Å². The number of halogens is 2. The van der Waals surface area contributed by atoms with Crippen molar-refractivity contribution in [2.45, 2.75) is 13.3 Å². The molecule has 98 valence electrons. The molecule has 0 spiro atoms. The van der Waals surface area contributed by atoms with Crippen LogP contribution >= 0.6 is 31.9 Å². The number of nitrogens with zero attached hydrogens (tertiary/aromatic N) is 2. The topological polar surface area (TPSA) is 54.9 Å². The Balaban J connectivity index is 2.05. The molecule has 19 heavy (non-hydrogen) atoms. The Morgan fingerprint density at radius 3 is 2.84 bits per heavy atom. The van der Waals surface area contributed by atoms with Crippen molar-refractivity contribution < 1.29 is 4.79 Å². The van der Waals surface area contributed by atoms with Gasteiger partial charge in [-0.15, -0.1) is 0 Å². The molecule has 2 aromatic rings. The molecule has 6 heteroatoms. The molecule has 1 heterocycles. The summed E-state index contributed by atoms with van der Waals surface area (Å²) in [4.78, 5) is 20.1. The first kappa shape index (κ1) is 14.1. The lowest BCUT2D eigenvalue weighted by Crippen LogP contribution is -2.16. The quantitative estimate of drug-likeness (QED) is 0.881. The van der Waals surface area contributed by atoms with Crippen LogP contribution in [0.2, 0.25) is 0 Å². The summed E-state index contributed by atoms with van der Waals surface area (Å²) in [7, 11) is 0. The third-order valence-corrected chi connectivity index (χ3v) is 3.34. The molecule has 1 amide bonds. The first-order valence-electron chi connectivity index (χ1n) is 5.58. The fourth-order valence-corrected chi connectivity index (χ4v) is 2.52. The smallest absolute Gasteiger partial charge is 0.230 e. The zero-order valence-electron chi connectivity index (χ0n) is 10.2. The van der Waals surface area contributed by atoms with Crippen LogP contribution in [0.3, 0.4) is 0 Å². The maximum atomic E-state index is 11.9. The lowest BCUT2D eigenvalue weighted by atomic mass is 10.1. The summed E-state index contributed by atoms with van der Waals surface area (Å²) < 4.78 is 1.11. The molecule has 1 aromatic heterocycles. The number of benzene rings is 1. The maximum absolute atomic E-state index is 11.9. The van der Waals surface area contributed by atoms with Crippen LogP contribution in [0.25, 0.3) is 0 Å². The summed E-state index contributed by atoms with van der Waals surface area (Å²) in [5.41, 5.74) is 2.11. The van der Waals surface area contributed by atoms with Crippen molar-refractivity contribution in [1.29, 1.82) is 0 Å². The number of rotatable bonds is 3. The number of anilines is 1. The Labute approximate surface area is 127 Å². The minimum Gasteiger partial charge on any atom is -0.308 e. The van der Waals surface area contributed by atoms with Crippen LogP contribution in [-0.4, -0.2) is 15.9 Å². The van der Waals surface area contributed by atoms with Crippen LogP contribution in [0, 0.1) is 6.92 Å². The summed E-state index contributed by atoms with van der Waals surface area (Å²) in [5, 5.41) is 2.73. The molecule has 0 fully saturated rings. The van der Waals surface area contributed by atoms with Gasteiger partial charge in [0.25, 0.3) is 0 Å². The van der Waals surface area contributed by atoms with E-state index in [0.717, 1.165) is 11.1 Å². The molecule has 2 rings (SSSR count). The average molecular weight is 385 g/mol. The fraction of sp³-hybridized carbons (Fsp3) is 0.154. The Morgan fingerprint density at radius 2 is 2.16 bits per heavy atom. The van der Waals surface area contributed by atoms with Crippen molar-refractivity contribution in [1.82, 2.24) is 9.97 Å². The number of hydrogen-bond donors (Lipinski definition) is 1. The molecule has 0 aliphatic heterocycles. The van der Waals surface area contributed by atoms with Gasteiger partial charge in [0.2, 0.25) is 5.91 Å². The van der Waals surface area contributed by atoms with Crippen molar-refractivity contribution in [2.24, 2.45) is 0 Å². The van der Waals surface area contributed by atoms with Crippen molar-refractivity contribution in [2.75, 3.05) is 5.32 Å². The van der Waals surface area contributed by atoms with Gasteiger partial charge in [0, 0.05) is 0 Å². The second kappa shape index (κ2) is 6.25. The van der Waals surface area contributed by atoms with Gasteiger partial charge >= 0.3 is 0 Å². The number of aryl methyl sites for hydroxylation is 1. The van der Waals surface area contributed by atoms with E-state index in [1.54, 1.807) is 0 Å².